The van der Waals surface area contributed by atoms with Crippen LogP contribution >= 0.6 is 11.3 Å². The van der Waals surface area contributed by atoms with E-state index in [9.17, 15) is 18.0 Å². The lowest BCUT2D eigenvalue weighted by molar-refractivity contribution is -0.135. The minimum Gasteiger partial charge on any atom is -0.464 e. The van der Waals surface area contributed by atoms with Crippen LogP contribution in [-0.4, -0.2) is 31.3 Å². The lowest BCUT2D eigenvalue weighted by atomic mass is 9.93. The van der Waals surface area contributed by atoms with E-state index in [4.69, 9.17) is 4.74 Å². The number of benzene rings is 1. The maximum atomic E-state index is 14.2. The highest BCUT2D eigenvalue weighted by atomic mass is 32.1. The zero-order valence-electron chi connectivity index (χ0n) is 11.4. The van der Waals surface area contributed by atoms with Gasteiger partial charge in [0.25, 0.3) is 0 Å². The summed E-state index contributed by atoms with van der Waals surface area (Å²) in [6.45, 7) is -0.454. The van der Waals surface area contributed by atoms with E-state index in [2.05, 4.69) is 9.72 Å². The number of hydrogen-bond acceptors (Lipinski definition) is 5. The van der Waals surface area contributed by atoms with Gasteiger partial charge in [-0.3, -0.25) is 0 Å². The fourth-order valence-electron chi connectivity index (χ4n) is 2.07. The van der Waals surface area contributed by atoms with Gasteiger partial charge in [-0.15, -0.1) is 11.3 Å². The number of ether oxygens (including phenoxy) is 2. The molecule has 1 saturated heterocycles. The zero-order valence-corrected chi connectivity index (χ0v) is 12.2. The van der Waals surface area contributed by atoms with Crippen LogP contribution < -0.4 is 0 Å². The third kappa shape index (κ3) is 2.38. The Morgan fingerprint density at radius 2 is 2.00 bits per heavy atom. The van der Waals surface area contributed by atoms with Gasteiger partial charge in [0.05, 0.1) is 25.9 Å². The summed E-state index contributed by atoms with van der Waals surface area (Å²) < 4.78 is 51.8. The summed E-state index contributed by atoms with van der Waals surface area (Å²) >= 11 is 0.897. The van der Waals surface area contributed by atoms with Gasteiger partial charge >= 0.3 is 5.97 Å². The lowest BCUT2D eigenvalue weighted by Gasteiger charge is -2.34. The van der Waals surface area contributed by atoms with Crippen LogP contribution in [0.1, 0.15) is 16.1 Å². The summed E-state index contributed by atoms with van der Waals surface area (Å²) in [5, 5.41) is 1.32. The van der Waals surface area contributed by atoms with Crippen molar-refractivity contribution >= 4 is 17.3 Å². The second-order valence-electron chi connectivity index (χ2n) is 4.80. The minimum absolute atomic E-state index is 0.0142. The van der Waals surface area contributed by atoms with Gasteiger partial charge in [-0.05, 0) is 17.7 Å². The highest BCUT2D eigenvalue weighted by Crippen LogP contribution is 2.38. The molecule has 3 rings (SSSR count). The number of esters is 1. The molecule has 22 heavy (non-hydrogen) atoms. The second-order valence-corrected chi connectivity index (χ2v) is 5.66. The molecular weight excluding hydrogens is 319 g/mol. The molecule has 0 amide bonds. The number of halogens is 3. The molecule has 0 spiro atoms. The van der Waals surface area contributed by atoms with E-state index < -0.39 is 28.8 Å². The fraction of sp³-hybridized carbons (Fsp3) is 0.286. The highest BCUT2D eigenvalue weighted by Gasteiger charge is 2.41. The van der Waals surface area contributed by atoms with Gasteiger partial charge in [0.15, 0.2) is 11.4 Å². The number of nitrogens with zero attached hydrogens (tertiary/aromatic N) is 1. The first-order valence-electron chi connectivity index (χ1n) is 6.25. The Morgan fingerprint density at radius 3 is 2.50 bits per heavy atom. The van der Waals surface area contributed by atoms with Crippen molar-refractivity contribution in [2.24, 2.45) is 0 Å². The third-order valence-corrected chi connectivity index (χ3v) is 4.19. The Morgan fingerprint density at radius 1 is 1.36 bits per heavy atom. The molecule has 0 atom stereocenters. The molecule has 116 valence electrons. The molecule has 0 N–H and O–H groups in total. The molecule has 4 nitrogen and oxygen atoms in total. The van der Waals surface area contributed by atoms with Gasteiger partial charge in [0, 0.05) is 5.38 Å². The van der Waals surface area contributed by atoms with Crippen molar-refractivity contribution in [2.75, 3.05) is 20.3 Å². The van der Waals surface area contributed by atoms with E-state index >= 15 is 0 Å². The summed E-state index contributed by atoms with van der Waals surface area (Å²) in [4.78, 5) is 15.2. The normalized spacial score (nSPS) is 16.2. The van der Waals surface area contributed by atoms with Gasteiger partial charge in [0.1, 0.15) is 16.6 Å². The quantitative estimate of drug-likeness (QED) is 0.812. The van der Waals surface area contributed by atoms with Crippen molar-refractivity contribution in [1.82, 2.24) is 4.98 Å². The van der Waals surface area contributed by atoms with Gasteiger partial charge < -0.3 is 9.47 Å². The first-order valence-corrected chi connectivity index (χ1v) is 7.13. The summed E-state index contributed by atoms with van der Waals surface area (Å²) in [5.74, 6) is -2.58. The number of carbonyl (C=O) groups excluding carboxylic acids is 1. The average molecular weight is 329 g/mol. The Labute approximate surface area is 127 Å². The number of hydrogen-bond donors (Lipinski definition) is 0. The summed E-state index contributed by atoms with van der Waals surface area (Å²) in [6.07, 6.45) is 0. The predicted octanol–water partition coefficient (Wildman–Crippen LogP) is 3.07. The Bertz CT molecular complexity index is 720. The molecule has 0 unspecified atom stereocenters. The molecular formula is C14H10F3NO3S. The molecule has 1 aromatic heterocycles. The van der Waals surface area contributed by atoms with E-state index in [1.807, 2.05) is 0 Å². The van der Waals surface area contributed by atoms with Crippen LogP contribution in [0.15, 0.2) is 17.5 Å². The molecule has 1 aliphatic rings. The van der Waals surface area contributed by atoms with Gasteiger partial charge in [0.2, 0.25) is 0 Å². The maximum absolute atomic E-state index is 14.2. The Balaban J connectivity index is 2.01. The monoisotopic (exact) mass is 329 g/mol. The summed E-state index contributed by atoms with van der Waals surface area (Å²) in [6, 6.07) is 1.86. The zero-order chi connectivity index (χ0) is 15.9. The first kappa shape index (κ1) is 15.0. The van der Waals surface area contributed by atoms with Gasteiger partial charge in [-0.2, -0.15) is 0 Å². The molecule has 0 radical (unpaired) electrons. The predicted molar refractivity (Wildman–Crippen MR) is 72.4 cm³/mol. The number of carbonyl (C=O) groups is 1. The van der Waals surface area contributed by atoms with Crippen LogP contribution in [0.25, 0.3) is 10.6 Å². The van der Waals surface area contributed by atoms with Crippen LogP contribution in [0.5, 0.6) is 0 Å². The maximum Gasteiger partial charge on any atom is 0.357 e. The van der Waals surface area contributed by atoms with Crippen molar-refractivity contribution in [2.45, 2.75) is 5.67 Å². The molecule has 8 heteroatoms. The van der Waals surface area contributed by atoms with Crippen LogP contribution in [0.2, 0.25) is 0 Å². The van der Waals surface area contributed by atoms with E-state index in [1.54, 1.807) is 0 Å². The molecule has 0 saturated carbocycles. The van der Waals surface area contributed by atoms with Crippen LogP contribution in [0.4, 0.5) is 13.2 Å². The largest absolute Gasteiger partial charge is 0.464 e. The van der Waals surface area contributed by atoms with Crippen molar-refractivity contribution in [3.05, 3.63) is 40.4 Å². The summed E-state index contributed by atoms with van der Waals surface area (Å²) in [5.41, 5.74) is -2.41. The third-order valence-electron chi connectivity index (χ3n) is 3.33. The van der Waals surface area contributed by atoms with Crippen LogP contribution in [0, 0.1) is 11.6 Å². The number of thiazole rings is 1. The number of methoxy groups -OCH3 is 1. The number of rotatable bonds is 3. The molecule has 0 bridgehead atoms. The first-order chi connectivity index (χ1) is 10.4. The Hall–Kier alpha value is -1.93. The molecule has 1 aromatic carbocycles. The molecule has 0 aliphatic carbocycles. The smallest absolute Gasteiger partial charge is 0.357 e. The number of alkyl halides is 1. The van der Waals surface area contributed by atoms with Gasteiger partial charge in [-0.25, -0.2) is 22.9 Å². The minimum atomic E-state index is -1.86. The van der Waals surface area contributed by atoms with Crippen molar-refractivity contribution in [1.29, 1.82) is 0 Å². The molecule has 2 aromatic rings. The molecule has 1 aliphatic heterocycles. The number of aromatic nitrogens is 1. The van der Waals surface area contributed by atoms with Crippen molar-refractivity contribution in [3.63, 3.8) is 0 Å². The lowest BCUT2D eigenvalue weighted by Crippen LogP contribution is -2.42. The average Bonchev–Trinajstić information content (AvgIpc) is 2.92. The standard InChI is InChI=1S/C14H10F3NO3S/c1-20-13(19)10-4-22-12(18-10)11-8(15)2-7(3-9(11)16)14(17)5-21-6-14/h2-4H,5-6H2,1H3. The fourth-order valence-corrected chi connectivity index (χ4v) is 2.91. The SMILES string of the molecule is COC(=O)c1csc(-c2c(F)cc(C3(F)COC3)cc2F)n1. The van der Waals surface area contributed by atoms with E-state index in [0.29, 0.717) is 0 Å². The van der Waals surface area contributed by atoms with E-state index in [0.717, 1.165) is 23.5 Å². The highest BCUT2D eigenvalue weighted by molar-refractivity contribution is 7.13. The summed E-state index contributed by atoms with van der Waals surface area (Å²) in [7, 11) is 1.18. The molecule has 1 fully saturated rings. The van der Waals surface area contributed by atoms with Crippen molar-refractivity contribution < 1.29 is 27.4 Å². The van der Waals surface area contributed by atoms with E-state index in [-0.39, 0.29) is 29.5 Å². The topological polar surface area (TPSA) is 48.4 Å². The second kappa shape index (κ2) is 5.36. The van der Waals surface area contributed by atoms with Gasteiger partial charge in [-0.1, -0.05) is 0 Å². The van der Waals surface area contributed by atoms with E-state index in [1.165, 1.54) is 12.5 Å². The molecule has 2 heterocycles. The van der Waals surface area contributed by atoms with Crippen LogP contribution in [-0.2, 0) is 15.1 Å². The van der Waals surface area contributed by atoms with Crippen LogP contribution in [0.3, 0.4) is 0 Å². The Kier molecular flexibility index (Phi) is 3.65. The van der Waals surface area contributed by atoms with Crippen molar-refractivity contribution in [3.8, 4) is 10.6 Å².